The quantitative estimate of drug-likeness (QED) is 0.859. The van der Waals surface area contributed by atoms with E-state index in [0.717, 1.165) is 13.0 Å². The molecule has 102 valence electrons. The van der Waals surface area contributed by atoms with Gasteiger partial charge in [0.25, 0.3) is 0 Å². The van der Waals surface area contributed by atoms with Gasteiger partial charge in [-0.3, -0.25) is 0 Å². The van der Waals surface area contributed by atoms with Crippen molar-refractivity contribution in [3.8, 4) is 6.07 Å². The summed E-state index contributed by atoms with van der Waals surface area (Å²) in [5, 5.41) is 11.9. The molecule has 0 aliphatic carbocycles. The van der Waals surface area contributed by atoms with E-state index in [1.165, 1.54) is 24.3 Å². The van der Waals surface area contributed by atoms with E-state index in [2.05, 4.69) is 10.0 Å². The number of hydrogen-bond acceptors (Lipinski definition) is 4. The van der Waals surface area contributed by atoms with E-state index in [0.29, 0.717) is 18.0 Å². The summed E-state index contributed by atoms with van der Waals surface area (Å²) in [6.45, 7) is 3.62. The zero-order valence-electron chi connectivity index (χ0n) is 10.8. The van der Waals surface area contributed by atoms with Gasteiger partial charge >= 0.3 is 0 Å². The van der Waals surface area contributed by atoms with Crippen LogP contribution in [0, 0.1) is 17.2 Å². The Morgan fingerprint density at radius 2 is 2.05 bits per heavy atom. The maximum Gasteiger partial charge on any atom is 0.240 e. The molecule has 2 unspecified atom stereocenters. The van der Waals surface area contributed by atoms with Gasteiger partial charge in [-0.05, 0) is 43.1 Å². The van der Waals surface area contributed by atoms with E-state index in [-0.39, 0.29) is 10.9 Å². The van der Waals surface area contributed by atoms with Gasteiger partial charge in [-0.2, -0.15) is 5.26 Å². The van der Waals surface area contributed by atoms with E-state index >= 15 is 0 Å². The normalized spacial score (nSPS) is 23.8. The molecule has 19 heavy (non-hydrogen) atoms. The van der Waals surface area contributed by atoms with Crippen molar-refractivity contribution >= 4 is 10.0 Å². The first-order chi connectivity index (χ1) is 9.03. The molecule has 0 spiro atoms. The fourth-order valence-corrected chi connectivity index (χ4v) is 3.47. The van der Waals surface area contributed by atoms with Crippen molar-refractivity contribution < 1.29 is 8.42 Å². The fraction of sp³-hybridized carbons (Fsp3) is 0.462. The Hall–Kier alpha value is -1.42. The molecule has 2 rings (SSSR count). The number of hydrogen-bond donors (Lipinski definition) is 2. The van der Waals surface area contributed by atoms with Crippen molar-refractivity contribution in [1.82, 2.24) is 10.0 Å². The van der Waals surface area contributed by atoms with Crippen molar-refractivity contribution in [2.45, 2.75) is 24.3 Å². The standard InChI is InChI=1S/C13H17N3O2S/c1-10-6-7-15-9-13(10)16-19(17,18)12-4-2-11(8-14)3-5-12/h2-5,10,13,15-16H,6-7,9H2,1H3. The summed E-state index contributed by atoms with van der Waals surface area (Å²) in [6, 6.07) is 7.82. The minimum Gasteiger partial charge on any atom is -0.315 e. The molecule has 1 saturated heterocycles. The van der Waals surface area contributed by atoms with Gasteiger partial charge in [0, 0.05) is 12.6 Å². The molecule has 0 saturated carbocycles. The topological polar surface area (TPSA) is 82.0 Å². The van der Waals surface area contributed by atoms with Gasteiger partial charge in [-0.1, -0.05) is 6.92 Å². The van der Waals surface area contributed by atoms with Gasteiger partial charge < -0.3 is 5.32 Å². The molecule has 5 nitrogen and oxygen atoms in total. The minimum absolute atomic E-state index is 0.0885. The summed E-state index contributed by atoms with van der Waals surface area (Å²) < 4.78 is 27.2. The molecule has 1 aliphatic rings. The summed E-state index contributed by atoms with van der Waals surface area (Å²) >= 11 is 0. The number of sulfonamides is 1. The molecule has 1 heterocycles. The second kappa shape index (κ2) is 5.70. The van der Waals surface area contributed by atoms with Crippen LogP contribution in [0.25, 0.3) is 0 Å². The lowest BCUT2D eigenvalue weighted by molar-refractivity contribution is 0.327. The van der Waals surface area contributed by atoms with Crippen LogP contribution in [0.3, 0.4) is 0 Å². The SMILES string of the molecule is CC1CCNCC1NS(=O)(=O)c1ccc(C#N)cc1. The second-order valence-corrected chi connectivity index (χ2v) is 6.55. The zero-order valence-corrected chi connectivity index (χ0v) is 11.6. The molecule has 2 atom stereocenters. The highest BCUT2D eigenvalue weighted by atomic mass is 32.2. The van der Waals surface area contributed by atoms with Crippen molar-refractivity contribution in [3.63, 3.8) is 0 Å². The average Bonchev–Trinajstić information content (AvgIpc) is 2.41. The number of benzene rings is 1. The van der Waals surface area contributed by atoms with Gasteiger partial charge in [0.1, 0.15) is 0 Å². The molecule has 0 amide bonds. The van der Waals surface area contributed by atoms with Crippen LogP contribution in [0.5, 0.6) is 0 Å². The lowest BCUT2D eigenvalue weighted by atomic mass is 9.96. The Balaban J connectivity index is 2.15. The molecule has 1 aromatic carbocycles. The van der Waals surface area contributed by atoms with Crippen LogP contribution >= 0.6 is 0 Å². The van der Waals surface area contributed by atoms with Crippen molar-refractivity contribution in [3.05, 3.63) is 29.8 Å². The predicted molar refractivity (Wildman–Crippen MR) is 71.9 cm³/mol. The zero-order chi connectivity index (χ0) is 13.9. The highest BCUT2D eigenvalue weighted by Gasteiger charge is 2.26. The van der Waals surface area contributed by atoms with Crippen LogP contribution in [0.1, 0.15) is 18.9 Å². The second-order valence-electron chi connectivity index (χ2n) is 4.83. The monoisotopic (exact) mass is 279 g/mol. The fourth-order valence-electron chi connectivity index (χ4n) is 2.12. The molecule has 1 aliphatic heterocycles. The molecule has 0 radical (unpaired) electrons. The number of piperidine rings is 1. The maximum absolute atomic E-state index is 12.2. The molecule has 6 heteroatoms. The first-order valence-corrected chi connectivity index (χ1v) is 7.74. The highest BCUT2D eigenvalue weighted by molar-refractivity contribution is 7.89. The molecule has 2 N–H and O–H groups in total. The van der Waals surface area contributed by atoms with E-state index in [1.807, 2.05) is 13.0 Å². The maximum atomic E-state index is 12.2. The van der Waals surface area contributed by atoms with Crippen LogP contribution < -0.4 is 10.0 Å². The number of nitriles is 1. The lowest BCUT2D eigenvalue weighted by Crippen LogP contribution is -2.50. The van der Waals surface area contributed by atoms with Crippen molar-refractivity contribution in [1.29, 1.82) is 5.26 Å². The van der Waals surface area contributed by atoms with E-state index in [9.17, 15) is 8.42 Å². The van der Waals surface area contributed by atoms with Crippen LogP contribution in [-0.2, 0) is 10.0 Å². The summed E-state index contributed by atoms with van der Waals surface area (Å²) in [4.78, 5) is 0.198. The van der Waals surface area contributed by atoms with Gasteiger partial charge in [0.05, 0.1) is 16.5 Å². The molecule has 0 bridgehead atoms. The minimum atomic E-state index is -3.52. The Labute approximate surface area is 113 Å². The van der Waals surface area contributed by atoms with Crippen LogP contribution in [-0.4, -0.2) is 27.5 Å². The van der Waals surface area contributed by atoms with E-state index in [1.54, 1.807) is 0 Å². The predicted octanol–water partition coefficient (Wildman–Crippen LogP) is 0.835. The smallest absolute Gasteiger partial charge is 0.240 e. The Morgan fingerprint density at radius 3 is 2.63 bits per heavy atom. The third-order valence-electron chi connectivity index (χ3n) is 3.43. The lowest BCUT2D eigenvalue weighted by Gasteiger charge is -2.29. The van der Waals surface area contributed by atoms with E-state index < -0.39 is 10.0 Å². The molecular weight excluding hydrogens is 262 g/mol. The molecule has 0 aromatic heterocycles. The Morgan fingerprint density at radius 1 is 1.37 bits per heavy atom. The van der Waals surface area contributed by atoms with Gasteiger partial charge in [0.15, 0.2) is 0 Å². The van der Waals surface area contributed by atoms with Crippen LogP contribution in [0.4, 0.5) is 0 Å². The van der Waals surface area contributed by atoms with Crippen LogP contribution in [0.15, 0.2) is 29.2 Å². The highest BCUT2D eigenvalue weighted by Crippen LogP contribution is 2.16. The van der Waals surface area contributed by atoms with Gasteiger partial charge in [-0.25, -0.2) is 13.1 Å². The Kier molecular flexibility index (Phi) is 4.20. The third kappa shape index (κ3) is 3.32. The van der Waals surface area contributed by atoms with E-state index in [4.69, 9.17) is 5.26 Å². The summed E-state index contributed by atoms with van der Waals surface area (Å²) in [5.74, 6) is 0.314. The van der Waals surface area contributed by atoms with Gasteiger partial charge in [-0.15, -0.1) is 0 Å². The summed E-state index contributed by atoms with van der Waals surface area (Å²) in [6.07, 6.45) is 0.959. The number of rotatable bonds is 3. The third-order valence-corrected chi connectivity index (χ3v) is 4.93. The Bertz CT molecular complexity index is 575. The number of nitrogens with one attached hydrogen (secondary N) is 2. The first kappa shape index (κ1) is 14.0. The average molecular weight is 279 g/mol. The number of nitrogens with zero attached hydrogens (tertiary/aromatic N) is 1. The largest absolute Gasteiger partial charge is 0.315 e. The summed E-state index contributed by atoms with van der Waals surface area (Å²) in [5.41, 5.74) is 0.451. The van der Waals surface area contributed by atoms with Crippen molar-refractivity contribution in [2.75, 3.05) is 13.1 Å². The van der Waals surface area contributed by atoms with Crippen LogP contribution in [0.2, 0.25) is 0 Å². The van der Waals surface area contributed by atoms with Gasteiger partial charge in [0.2, 0.25) is 10.0 Å². The first-order valence-electron chi connectivity index (χ1n) is 6.26. The molecule has 1 aromatic rings. The summed E-state index contributed by atoms with van der Waals surface area (Å²) in [7, 11) is -3.52. The molecular formula is C13H17N3O2S. The molecule has 1 fully saturated rings. The van der Waals surface area contributed by atoms with Crippen molar-refractivity contribution in [2.24, 2.45) is 5.92 Å².